The van der Waals surface area contributed by atoms with Gasteiger partial charge in [-0.2, -0.15) is 0 Å². The summed E-state index contributed by atoms with van der Waals surface area (Å²) < 4.78 is 26.5. The fourth-order valence-electron chi connectivity index (χ4n) is 2.46. The van der Waals surface area contributed by atoms with Crippen LogP contribution in [-0.2, 0) is 0 Å². The second-order valence-electron chi connectivity index (χ2n) is 5.63. The SMILES string of the molecule is CN1CCN(c2cc(C(=O)Nc3ccc(F)cc3F)ncn2)CC1. The van der Waals surface area contributed by atoms with Gasteiger partial charge in [-0.15, -0.1) is 0 Å². The molecule has 2 aromatic rings. The highest BCUT2D eigenvalue weighted by atomic mass is 19.1. The Kier molecular flexibility index (Phi) is 4.66. The van der Waals surface area contributed by atoms with Crippen molar-refractivity contribution in [2.45, 2.75) is 0 Å². The third kappa shape index (κ3) is 3.65. The van der Waals surface area contributed by atoms with E-state index >= 15 is 0 Å². The Bertz CT molecular complexity index is 747. The summed E-state index contributed by atoms with van der Waals surface area (Å²) in [6, 6.07) is 4.53. The fraction of sp³-hybridized carbons (Fsp3) is 0.312. The van der Waals surface area contributed by atoms with Gasteiger partial charge in [0.25, 0.3) is 5.91 Å². The fourth-order valence-corrected chi connectivity index (χ4v) is 2.46. The molecular formula is C16H17F2N5O. The Morgan fingerprint density at radius 2 is 1.88 bits per heavy atom. The van der Waals surface area contributed by atoms with Crippen molar-refractivity contribution in [1.82, 2.24) is 14.9 Å². The molecule has 1 aliphatic rings. The molecule has 1 aliphatic heterocycles. The van der Waals surface area contributed by atoms with Crippen molar-refractivity contribution in [1.29, 1.82) is 0 Å². The van der Waals surface area contributed by atoms with E-state index in [1.165, 1.54) is 12.4 Å². The minimum absolute atomic E-state index is 0.0961. The molecule has 1 aromatic heterocycles. The Balaban J connectivity index is 1.74. The van der Waals surface area contributed by atoms with E-state index in [0.29, 0.717) is 11.9 Å². The first kappa shape index (κ1) is 16.3. The molecule has 24 heavy (non-hydrogen) atoms. The minimum Gasteiger partial charge on any atom is -0.354 e. The third-order valence-corrected chi connectivity index (χ3v) is 3.89. The van der Waals surface area contributed by atoms with Gasteiger partial charge in [-0.25, -0.2) is 18.7 Å². The van der Waals surface area contributed by atoms with E-state index in [2.05, 4.69) is 25.1 Å². The molecule has 2 heterocycles. The molecule has 1 saturated heterocycles. The highest BCUT2D eigenvalue weighted by Gasteiger charge is 2.18. The lowest BCUT2D eigenvalue weighted by Crippen LogP contribution is -2.44. The number of benzene rings is 1. The zero-order valence-corrected chi connectivity index (χ0v) is 13.2. The molecule has 8 heteroatoms. The van der Waals surface area contributed by atoms with E-state index in [4.69, 9.17) is 0 Å². The first-order valence-electron chi connectivity index (χ1n) is 7.55. The predicted molar refractivity (Wildman–Crippen MR) is 86.1 cm³/mol. The maximum atomic E-state index is 13.6. The molecule has 0 bridgehead atoms. The first-order valence-corrected chi connectivity index (χ1v) is 7.55. The average molecular weight is 333 g/mol. The molecule has 6 nitrogen and oxygen atoms in total. The van der Waals surface area contributed by atoms with E-state index in [-0.39, 0.29) is 11.4 Å². The minimum atomic E-state index is -0.836. The highest BCUT2D eigenvalue weighted by Crippen LogP contribution is 2.17. The first-order chi connectivity index (χ1) is 11.5. The summed E-state index contributed by atoms with van der Waals surface area (Å²) in [6.07, 6.45) is 1.31. The number of hydrogen-bond acceptors (Lipinski definition) is 5. The summed E-state index contributed by atoms with van der Waals surface area (Å²) in [7, 11) is 2.05. The maximum absolute atomic E-state index is 13.6. The molecule has 1 amide bonds. The van der Waals surface area contributed by atoms with Gasteiger partial charge in [-0.1, -0.05) is 0 Å². The van der Waals surface area contributed by atoms with E-state index in [1.54, 1.807) is 6.07 Å². The van der Waals surface area contributed by atoms with Crippen LogP contribution in [0.25, 0.3) is 0 Å². The molecule has 0 aliphatic carbocycles. The third-order valence-electron chi connectivity index (χ3n) is 3.89. The quantitative estimate of drug-likeness (QED) is 0.927. The second-order valence-corrected chi connectivity index (χ2v) is 5.63. The van der Waals surface area contributed by atoms with E-state index in [0.717, 1.165) is 32.2 Å². The van der Waals surface area contributed by atoms with Crippen LogP contribution in [0, 0.1) is 11.6 Å². The number of nitrogens with zero attached hydrogens (tertiary/aromatic N) is 4. The summed E-state index contributed by atoms with van der Waals surface area (Å²) in [6.45, 7) is 3.43. The van der Waals surface area contributed by atoms with Crippen LogP contribution in [0.5, 0.6) is 0 Å². The lowest BCUT2D eigenvalue weighted by molar-refractivity contribution is 0.102. The van der Waals surface area contributed by atoms with E-state index in [1.807, 2.05) is 7.05 Å². The van der Waals surface area contributed by atoms with Gasteiger partial charge in [0.15, 0.2) is 0 Å². The molecule has 0 saturated carbocycles. The van der Waals surface area contributed by atoms with Gasteiger partial charge in [0.2, 0.25) is 0 Å². The van der Waals surface area contributed by atoms with Crippen molar-refractivity contribution in [3.8, 4) is 0 Å². The second kappa shape index (κ2) is 6.88. The molecule has 0 unspecified atom stereocenters. The van der Waals surface area contributed by atoms with Crippen molar-refractivity contribution in [2.75, 3.05) is 43.4 Å². The van der Waals surface area contributed by atoms with Crippen LogP contribution in [-0.4, -0.2) is 54.0 Å². The molecule has 126 valence electrons. The van der Waals surface area contributed by atoms with E-state index < -0.39 is 17.5 Å². The number of likely N-dealkylation sites (N-methyl/N-ethyl adjacent to an activating group) is 1. The molecule has 0 atom stereocenters. The monoisotopic (exact) mass is 333 g/mol. The van der Waals surface area contributed by atoms with Crippen molar-refractivity contribution >= 4 is 17.4 Å². The lowest BCUT2D eigenvalue weighted by Gasteiger charge is -2.33. The van der Waals surface area contributed by atoms with E-state index in [9.17, 15) is 13.6 Å². The number of nitrogens with one attached hydrogen (secondary N) is 1. The van der Waals surface area contributed by atoms with Crippen molar-refractivity contribution in [3.63, 3.8) is 0 Å². The number of piperazine rings is 1. The van der Waals surface area contributed by atoms with Crippen LogP contribution in [0.15, 0.2) is 30.6 Å². The number of amides is 1. The molecule has 1 N–H and O–H groups in total. The van der Waals surface area contributed by atoms with Gasteiger partial charge < -0.3 is 15.1 Å². The summed E-state index contributed by atoms with van der Waals surface area (Å²) in [5, 5.41) is 2.39. The molecular weight excluding hydrogens is 316 g/mol. The zero-order chi connectivity index (χ0) is 17.1. The Morgan fingerprint density at radius 3 is 2.58 bits per heavy atom. The molecule has 1 fully saturated rings. The Labute approximate surface area is 138 Å². The summed E-state index contributed by atoms with van der Waals surface area (Å²) >= 11 is 0. The Morgan fingerprint density at radius 1 is 1.12 bits per heavy atom. The van der Waals surface area contributed by atoms with Crippen LogP contribution < -0.4 is 10.2 Å². The zero-order valence-electron chi connectivity index (χ0n) is 13.2. The van der Waals surface area contributed by atoms with Crippen molar-refractivity contribution < 1.29 is 13.6 Å². The Hall–Kier alpha value is -2.61. The van der Waals surface area contributed by atoms with Crippen molar-refractivity contribution in [2.24, 2.45) is 0 Å². The van der Waals surface area contributed by atoms with Gasteiger partial charge in [0.1, 0.15) is 29.5 Å². The smallest absolute Gasteiger partial charge is 0.274 e. The number of anilines is 2. The lowest BCUT2D eigenvalue weighted by atomic mass is 10.2. The van der Waals surface area contributed by atoms with Crippen LogP contribution in [0.2, 0.25) is 0 Å². The van der Waals surface area contributed by atoms with Crippen LogP contribution in [0.3, 0.4) is 0 Å². The number of aromatic nitrogens is 2. The predicted octanol–water partition coefficient (Wildman–Crippen LogP) is 1.76. The topological polar surface area (TPSA) is 61.4 Å². The summed E-state index contributed by atoms with van der Waals surface area (Å²) in [5.41, 5.74) is 0.0313. The molecule has 0 radical (unpaired) electrons. The van der Waals surface area contributed by atoms with Crippen molar-refractivity contribution in [3.05, 3.63) is 47.9 Å². The highest BCUT2D eigenvalue weighted by molar-refractivity contribution is 6.03. The number of carbonyl (C=O) groups is 1. The van der Waals surface area contributed by atoms with Crippen LogP contribution >= 0.6 is 0 Å². The molecule has 3 rings (SSSR count). The van der Waals surface area contributed by atoms with Gasteiger partial charge in [-0.3, -0.25) is 4.79 Å². The number of carbonyl (C=O) groups excluding carboxylic acids is 1. The number of hydrogen-bond donors (Lipinski definition) is 1. The molecule has 1 aromatic carbocycles. The van der Waals surface area contributed by atoms with Crippen LogP contribution in [0.4, 0.5) is 20.3 Å². The normalized spacial score (nSPS) is 15.4. The van der Waals surface area contributed by atoms with Gasteiger partial charge in [-0.05, 0) is 19.2 Å². The van der Waals surface area contributed by atoms with Gasteiger partial charge >= 0.3 is 0 Å². The maximum Gasteiger partial charge on any atom is 0.274 e. The largest absolute Gasteiger partial charge is 0.354 e. The molecule has 0 spiro atoms. The van der Waals surface area contributed by atoms with Crippen LogP contribution in [0.1, 0.15) is 10.5 Å². The summed E-state index contributed by atoms with van der Waals surface area (Å²) in [4.78, 5) is 24.7. The average Bonchev–Trinajstić information content (AvgIpc) is 2.58. The standard InChI is InChI=1S/C16H17F2N5O/c1-22-4-6-23(7-5-22)15-9-14(19-10-20-15)16(24)21-13-3-2-11(17)8-12(13)18/h2-3,8-10H,4-7H2,1H3,(H,21,24). The number of rotatable bonds is 3. The summed E-state index contributed by atoms with van der Waals surface area (Å²) in [5.74, 6) is -1.46. The van der Waals surface area contributed by atoms with Gasteiger partial charge in [0.05, 0.1) is 5.69 Å². The number of halogens is 2. The van der Waals surface area contributed by atoms with Gasteiger partial charge in [0, 0.05) is 38.3 Å².